The molecule has 0 saturated carbocycles. The Morgan fingerprint density at radius 1 is 1.00 bits per heavy atom. The highest BCUT2D eigenvalue weighted by atomic mass is 16.7. The van der Waals surface area contributed by atoms with Gasteiger partial charge in [-0.2, -0.15) is 0 Å². The highest BCUT2D eigenvalue weighted by Crippen LogP contribution is 2.25. The number of ether oxygens (including phenoxy) is 1. The highest BCUT2D eigenvalue weighted by Gasteiger charge is 2.11. The van der Waals surface area contributed by atoms with E-state index in [4.69, 9.17) is 9.84 Å². The van der Waals surface area contributed by atoms with Crippen LogP contribution in [0.1, 0.15) is 36.5 Å². The molecule has 0 spiro atoms. The third-order valence-corrected chi connectivity index (χ3v) is 3.79. The van der Waals surface area contributed by atoms with E-state index in [9.17, 15) is 4.79 Å². The van der Waals surface area contributed by atoms with Gasteiger partial charge in [0.25, 0.3) is 0 Å². The maximum absolute atomic E-state index is 10.8. The van der Waals surface area contributed by atoms with E-state index < -0.39 is 6.16 Å². The molecule has 2 aromatic carbocycles. The number of carbonyl (C=O) groups is 1. The lowest BCUT2D eigenvalue weighted by atomic mass is 9.97. The van der Waals surface area contributed by atoms with Crippen LogP contribution in [-0.2, 0) is 19.3 Å². The lowest BCUT2D eigenvalue weighted by molar-refractivity contribution is 0.144. The Morgan fingerprint density at radius 2 is 1.73 bits per heavy atom. The summed E-state index contributed by atoms with van der Waals surface area (Å²) in [7, 11) is 0. The van der Waals surface area contributed by atoms with Crippen molar-refractivity contribution >= 4 is 6.16 Å². The van der Waals surface area contributed by atoms with Gasteiger partial charge in [0, 0.05) is 0 Å². The second-order valence-corrected chi connectivity index (χ2v) is 5.31. The highest BCUT2D eigenvalue weighted by molar-refractivity contribution is 5.62. The molecule has 3 heteroatoms. The summed E-state index contributed by atoms with van der Waals surface area (Å²) >= 11 is 0. The zero-order chi connectivity index (χ0) is 15.8. The Balaban J connectivity index is 1.97. The van der Waals surface area contributed by atoms with Crippen LogP contribution in [0, 0.1) is 0 Å². The fourth-order valence-electron chi connectivity index (χ4n) is 2.69. The monoisotopic (exact) mass is 298 g/mol. The van der Waals surface area contributed by atoms with E-state index in [-0.39, 0.29) is 0 Å². The predicted octanol–water partition coefficient (Wildman–Crippen LogP) is 4.87. The summed E-state index contributed by atoms with van der Waals surface area (Å²) in [6.45, 7) is 2.08. The fraction of sp³-hybridized carbons (Fsp3) is 0.316. The fourth-order valence-corrected chi connectivity index (χ4v) is 2.69. The first-order valence-corrected chi connectivity index (χ1v) is 7.76. The minimum atomic E-state index is -1.25. The molecule has 0 bridgehead atoms. The van der Waals surface area contributed by atoms with Gasteiger partial charge in [-0.15, -0.1) is 0 Å². The Hall–Kier alpha value is -2.29. The van der Waals surface area contributed by atoms with Gasteiger partial charge in [0.2, 0.25) is 0 Å². The first kappa shape index (κ1) is 16.1. The standard InChI is InChI=1S/C19H22O3/c1-2-16-12-8-14-18(22-19(20)21)17(16)13-7-6-11-15-9-4-3-5-10-15/h3-5,8-10,12,14H,2,6-7,11,13H2,1H3,(H,20,21). The quantitative estimate of drug-likeness (QED) is 0.450. The summed E-state index contributed by atoms with van der Waals surface area (Å²) < 4.78 is 4.92. The van der Waals surface area contributed by atoms with E-state index in [1.807, 2.05) is 18.2 Å². The molecular weight excluding hydrogens is 276 g/mol. The number of unbranched alkanes of at least 4 members (excludes halogenated alkanes) is 1. The summed E-state index contributed by atoms with van der Waals surface area (Å²) in [5.41, 5.74) is 3.53. The first-order chi connectivity index (χ1) is 10.7. The van der Waals surface area contributed by atoms with Crippen LogP contribution in [0.2, 0.25) is 0 Å². The molecule has 22 heavy (non-hydrogen) atoms. The maximum atomic E-state index is 10.8. The van der Waals surface area contributed by atoms with Crippen molar-refractivity contribution < 1.29 is 14.6 Å². The summed E-state index contributed by atoms with van der Waals surface area (Å²) in [5, 5.41) is 8.85. The van der Waals surface area contributed by atoms with Crippen molar-refractivity contribution in [1.29, 1.82) is 0 Å². The van der Waals surface area contributed by atoms with Gasteiger partial charge in [0.1, 0.15) is 5.75 Å². The average molecular weight is 298 g/mol. The van der Waals surface area contributed by atoms with Gasteiger partial charge in [-0.3, -0.25) is 0 Å². The van der Waals surface area contributed by atoms with E-state index >= 15 is 0 Å². The molecule has 0 aliphatic carbocycles. The zero-order valence-corrected chi connectivity index (χ0v) is 12.9. The van der Waals surface area contributed by atoms with E-state index in [0.717, 1.165) is 37.7 Å². The SMILES string of the molecule is CCc1cccc(OC(=O)O)c1CCCCc1ccccc1. The molecule has 0 heterocycles. The lowest BCUT2D eigenvalue weighted by Gasteiger charge is -2.12. The first-order valence-electron chi connectivity index (χ1n) is 7.76. The number of benzene rings is 2. The minimum Gasteiger partial charge on any atom is -0.449 e. The Bertz CT molecular complexity index is 605. The molecule has 0 unspecified atom stereocenters. The molecule has 0 saturated heterocycles. The summed E-state index contributed by atoms with van der Waals surface area (Å²) in [6, 6.07) is 16.0. The number of hydrogen-bond acceptors (Lipinski definition) is 2. The normalized spacial score (nSPS) is 10.4. The van der Waals surface area contributed by atoms with Crippen molar-refractivity contribution in [2.24, 2.45) is 0 Å². The molecule has 0 aromatic heterocycles. The molecule has 0 amide bonds. The topological polar surface area (TPSA) is 46.5 Å². The zero-order valence-electron chi connectivity index (χ0n) is 12.9. The van der Waals surface area contributed by atoms with Crippen LogP contribution < -0.4 is 4.74 Å². The molecule has 0 fully saturated rings. The van der Waals surface area contributed by atoms with Crippen LogP contribution in [0.25, 0.3) is 0 Å². The number of rotatable bonds is 7. The molecule has 116 valence electrons. The van der Waals surface area contributed by atoms with Crippen molar-refractivity contribution in [3.05, 3.63) is 65.2 Å². The van der Waals surface area contributed by atoms with Gasteiger partial charge in [0.15, 0.2) is 0 Å². The second kappa shape index (κ2) is 8.23. The van der Waals surface area contributed by atoms with Crippen molar-refractivity contribution in [1.82, 2.24) is 0 Å². The Morgan fingerprint density at radius 3 is 2.41 bits per heavy atom. The molecule has 0 radical (unpaired) electrons. The van der Waals surface area contributed by atoms with Crippen molar-refractivity contribution in [3.63, 3.8) is 0 Å². The van der Waals surface area contributed by atoms with Crippen molar-refractivity contribution in [3.8, 4) is 5.75 Å². The maximum Gasteiger partial charge on any atom is 0.511 e. The van der Waals surface area contributed by atoms with E-state index in [1.165, 1.54) is 11.1 Å². The summed E-state index contributed by atoms with van der Waals surface area (Å²) in [4.78, 5) is 10.8. The third kappa shape index (κ3) is 4.62. The molecule has 2 aromatic rings. The largest absolute Gasteiger partial charge is 0.511 e. The molecule has 0 aliphatic rings. The third-order valence-electron chi connectivity index (χ3n) is 3.79. The average Bonchev–Trinajstić information content (AvgIpc) is 2.53. The van der Waals surface area contributed by atoms with Crippen LogP contribution in [0.3, 0.4) is 0 Å². The Kier molecular flexibility index (Phi) is 6.01. The van der Waals surface area contributed by atoms with Gasteiger partial charge < -0.3 is 9.84 Å². The van der Waals surface area contributed by atoms with Gasteiger partial charge in [-0.25, -0.2) is 4.79 Å². The van der Waals surface area contributed by atoms with Crippen LogP contribution >= 0.6 is 0 Å². The van der Waals surface area contributed by atoms with Crippen LogP contribution in [0.15, 0.2) is 48.5 Å². The molecule has 2 rings (SSSR count). The molecular formula is C19H22O3. The smallest absolute Gasteiger partial charge is 0.449 e. The van der Waals surface area contributed by atoms with Crippen molar-refractivity contribution in [2.45, 2.75) is 39.0 Å². The summed E-state index contributed by atoms with van der Waals surface area (Å²) in [5.74, 6) is 0.478. The lowest BCUT2D eigenvalue weighted by Crippen LogP contribution is -2.07. The molecule has 3 nitrogen and oxygen atoms in total. The van der Waals surface area contributed by atoms with Gasteiger partial charge >= 0.3 is 6.16 Å². The molecule has 1 N–H and O–H groups in total. The van der Waals surface area contributed by atoms with Gasteiger partial charge in [0.05, 0.1) is 0 Å². The van der Waals surface area contributed by atoms with E-state index in [1.54, 1.807) is 6.07 Å². The molecule has 0 atom stereocenters. The van der Waals surface area contributed by atoms with E-state index in [2.05, 4.69) is 31.2 Å². The minimum absolute atomic E-state index is 0.478. The van der Waals surface area contributed by atoms with Crippen LogP contribution in [0.4, 0.5) is 4.79 Å². The van der Waals surface area contributed by atoms with Crippen LogP contribution in [-0.4, -0.2) is 11.3 Å². The van der Waals surface area contributed by atoms with Gasteiger partial charge in [-0.1, -0.05) is 49.4 Å². The van der Waals surface area contributed by atoms with Crippen LogP contribution in [0.5, 0.6) is 5.75 Å². The number of aryl methyl sites for hydroxylation is 2. The summed E-state index contributed by atoms with van der Waals surface area (Å²) in [6.07, 6.45) is 3.61. The van der Waals surface area contributed by atoms with Crippen molar-refractivity contribution in [2.75, 3.05) is 0 Å². The number of hydrogen-bond donors (Lipinski definition) is 1. The van der Waals surface area contributed by atoms with Gasteiger partial charge in [-0.05, 0) is 54.9 Å². The Labute approximate surface area is 131 Å². The predicted molar refractivity (Wildman–Crippen MR) is 87.6 cm³/mol. The molecule has 0 aliphatic heterocycles. The number of carboxylic acid groups (broad SMARTS) is 1. The van der Waals surface area contributed by atoms with E-state index in [0.29, 0.717) is 5.75 Å². The second-order valence-electron chi connectivity index (χ2n) is 5.31.